The summed E-state index contributed by atoms with van der Waals surface area (Å²) in [6.45, 7) is 3.24. The van der Waals surface area contributed by atoms with Gasteiger partial charge in [-0.25, -0.2) is 9.37 Å². The fraction of sp³-hybridized carbons (Fsp3) is 0.333. The van der Waals surface area contributed by atoms with Gasteiger partial charge in [0, 0.05) is 31.2 Å². The minimum atomic E-state index is -0.480. The standard InChI is InChI=1S/C12H11ClFN7/c13-7-5-8(14)10-9(6-7)21-12(17-18-19-21)11(16-10)20-3-1-15-2-4-20/h5-6,15H,1-4H2. The van der Waals surface area contributed by atoms with E-state index in [9.17, 15) is 4.39 Å². The van der Waals surface area contributed by atoms with Crippen LogP contribution in [-0.4, -0.2) is 51.2 Å². The fourth-order valence-corrected chi connectivity index (χ4v) is 2.76. The minimum Gasteiger partial charge on any atom is -0.351 e. The number of hydrogen-bond acceptors (Lipinski definition) is 6. The molecule has 9 heteroatoms. The number of nitrogens with one attached hydrogen (secondary N) is 1. The first-order valence-corrected chi connectivity index (χ1v) is 6.94. The summed E-state index contributed by atoms with van der Waals surface area (Å²) >= 11 is 5.91. The van der Waals surface area contributed by atoms with Crippen LogP contribution in [0.3, 0.4) is 0 Å². The molecule has 21 heavy (non-hydrogen) atoms. The predicted octanol–water partition coefficient (Wildman–Crippen LogP) is 0.875. The van der Waals surface area contributed by atoms with Crippen LogP contribution in [0.4, 0.5) is 10.2 Å². The summed E-state index contributed by atoms with van der Waals surface area (Å²) in [7, 11) is 0. The molecule has 1 saturated heterocycles. The summed E-state index contributed by atoms with van der Waals surface area (Å²) in [6, 6.07) is 2.85. The van der Waals surface area contributed by atoms with E-state index >= 15 is 0 Å². The van der Waals surface area contributed by atoms with Crippen LogP contribution < -0.4 is 10.2 Å². The van der Waals surface area contributed by atoms with Crippen LogP contribution in [0.2, 0.25) is 5.02 Å². The third-order valence-corrected chi connectivity index (χ3v) is 3.76. The molecule has 1 aromatic carbocycles. The van der Waals surface area contributed by atoms with Gasteiger partial charge in [0.05, 0.1) is 5.52 Å². The van der Waals surface area contributed by atoms with E-state index in [4.69, 9.17) is 11.6 Å². The Balaban J connectivity index is 2.03. The number of hydrogen-bond donors (Lipinski definition) is 1. The highest BCUT2D eigenvalue weighted by atomic mass is 35.5. The van der Waals surface area contributed by atoms with Crippen molar-refractivity contribution in [2.45, 2.75) is 0 Å². The van der Waals surface area contributed by atoms with E-state index < -0.39 is 5.82 Å². The number of aromatic nitrogens is 5. The molecule has 4 rings (SSSR count). The zero-order valence-electron chi connectivity index (χ0n) is 10.9. The van der Waals surface area contributed by atoms with Gasteiger partial charge in [0.2, 0.25) is 5.65 Å². The van der Waals surface area contributed by atoms with Crippen molar-refractivity contribution >= 4 is 34.1 Å². The highest BCUT2D eigenvalue weighted by molar-refractivity contribution is 6.31. The first kappa shape index (κ1) is 12.7. The lowest BCUT2D eigenvalue weighted by Gasteiger charge is -2.28. The van der Waals surface area contributed by atoms with E-state index in [-0.39, 0.29) is 10.5 Å². The van der Waals surface area contributed by atoms with Crippen LogP contribution in [0.5, 0.6) is 0 Å². The van der Waals surface area contributed by atoms with Gasteiger partial charge in [-0.05, 0) is 22.6 Å². The molecule has 0 unspecified atom stereocenters. The van der Waals surface area contributed by atoms with Gasteiger partial charge in [-0.3, -0.25) is 0 Å². The number of tetrazole rings is 1. The van der Waals surface area contributed by atoms with Gasteiger partial charge < -0.3 is 10.2 Å². The molecule has 0 aliphatic carbocycles. The number of rotatable bonds is 1. The first-order valence-electron chi connectivity index (χ1n) is 6.56. The maximum atomic E-state index is 14.2. The molecule has 0 bridgehead atoms. The van der Waals surface area contributed by atoms with Gasteiger partial charge in [-0.15, -0.1) is 5.10 Å². The predicted molar refractivity (Wildman–Crippen MR) is 76.1 cm³/mol. The molecule has 3 heterocycles. The largest absolute Gasteiger partial charge is 0.351 e. The first-order chi connectivity index (χ1) is 10.2. The smallest absolute Gasteiger partial charge is 0.222 e. The van der Waals surface area contributed by atoms with Crippen LogP contribution in [0.1, 0.15) is 0 Å². The lowest BCUT2D eigenvalue weighted by atomic mass is 10.2. The topological polar surface area (TPSA) is 71.2 Å². The Hall–Kier alpha value is -2.06. The van der Waals surface area contributed by atoms with Gasteiger partial charge in [0.1, 0.15) is 5.52 Å². The summed E-state index contributed by atoms with van der Waals surface area (Å²) in [5.41, 5.74) is 1.18. The van der Waals surface area contributed by atoms with Crippen molar-refractivity contribution in [2.75, 3.05) is 31.1 Å². The normalized spacial score (nSPS) is 16.0. The molecule has 7 nitrogen and oxygen atoms in total. The van der Waals surface area contributed by atoms with Crippen LogP contribution >= 0.6 is 11.6 Å². The molecule has 0 saturated carbocycles. The van der Waals surface area contributed by atoms with Gasteiger partial charge in [0.15, 0.2) is 11.6 Å². The molecule has 0 spiro atoms. The Morgan fingerprint density at radius 2 is 2.05 bits per heavy atom. The van der Waals surface area contributed by atoms with E-state index in [0.717, 1.165) is 26.2 Å². The lowest BCUT2D eigenvalue weighted by molar-refractivity contribution is 0.585. The molecule has 1 aliphatic rings. The molecule has 0 radical (unpaired) electrons. The second-order valence-corrected chi connectivity index (χ2v) is 5.28. The summed E-state index contributed by atoms with van der Waals surface area (Å²) in [5.74, 6) is 0.113. The molecule has 0 amide bonds. The van der Waals surface area contributed by atoms with Crippen LogP contribution in [-0.2, 0) is 0 Å². The summed E-state index contributed by atoms with van der Waals surface area (Å²) in [6.07, 6.45) is 0. The Kier molecular flexibility index (Phi) is 2.86. The Bertz CT molecular complexity index is 827. The van der Waals surface area contributed by atoms with E-state index in [1.165, 1.54) is 10.6 Å². The lowest BCUT2D eigenvalue weighted by Crippen LogP contribution is -2.44. The molecule has 2 aromatic heterocycles. The maximum absolute atomic E-state index is 14.2. The zero-order chi connectivity index (χ0) is 14.4. The van der Waals surface area contributed by atoms with Crippen LogP contribution in [0.25, 0.3) is 16.7 Å². The summed E-state index contributed by atoms with van der Waals surface area (Å²) < 4.78 is 15.6. The SMILES string of the molecule is Fc1cc(Cl)cc2c1nc(N1CCNCC1)c1nnnn12. The Morgan fingerprint density at radius 3 is 2.86 bits per heavy atom. The highest BCUT2D eigenvalue weighted by Gasteiger charge is 2.20. The van der Waals surface area contributed by atoms with Crippen molar-refractivity contribution in [3.05, 3.63) is 23.0 Å². The number of halogens is 2. The summed E-state index contributed by atoms with van der Waals surface area (Å²) in [5, 5.41) is 15.2. The minimum absolute atomic E-state index is 0.215. The van der Waals surface area contributed by atoms with Crippen molar-refractivity contribution in [1.82, 2.24) is 30.3 Å². The molecular weight excluding hydrogens is 297 g/mol. The van der Waals surface area contributed by atoms with Gasteiger partial charge in [0.25, 0.3) is 0 Å². The molecule has 0 atom stereocenters. The molecule has 1 N–H and O–H groups in total. The fourth-order valence-electron chi connectivity index (χ4n) is 2.56. The Morgan fingerprint density at radius 1 is 1.24 bits per heavy atom. The van der Waals surface area contributed by atoms with E-state index in [1.807, 2.05) is 0 Å². The van der Waals surface area contributed by atoms with Crippen molar-refractivity contribution in [1.29, 1.82) is 0 Å². The molecular formula is C12H11ClFN7. The second kappa shape index (κ2) is 4.74. The van der Waals surface area contributed by atoms with Crippen LogP contribution in [0, 0.1) is 5.82 Å². The third kappa shape index (κ3) is 1.98. The maximum Gasteiger partial charge on any atom is 0.222 e. The quantitative estimate of drug-likeness (QED) is 0.719. The second-order valence-electron chi connectivity index (χ2n) is 4.84. The van der Waals surface area contributed by atoms with E-state index in [1.54, 1.807) is 6.07 Å². The summed E-state index contributed by atoms with van der Waals surface area (Å²) in [4.78, 5) is 6.49. The van der Waals surface area contributed by atoms with Crippen LogP contribution in [0.15, 0.2) is 12.1 Å². The zero-order valence-corrected chi connectivity index (χ0v) is 11.7. The van der Waals surface area contributed by atoms with Crippen molar-refractivity contribution in [3.8, 4) is 0 Å². The van der Waals surface area contributed by atoms with Gasteiger partial charge >= 0.3 is 0 Å². The average molecular weight is 308 g/mol. The van der Waals surface area contributed by atoms with E-state index in [2.05, 4.69) is 30.7 Å². The van der Waals surface area contributed by atoms with Crippen molar-refractivity contribution in [3.63, 3.8) is 0 Å². The number of nitrogens with zero attached hydrogens (tertiary/aromatic N) is 6. The number of piperazine rings is 1. The molecule has 3 aromatic rings. The molecule has 108 valence electrons. The monoisotopic (exact) mass is 307 g/mol. The van der Waals surface area contributed by atoms with Crippen molar-refractivity contribution < 1.29 is 4.39 Å². The molecule has 1 fully saturated rings. The average Bonchev–Trinajstić information content (AvgIpc) is 2.97. The van der Waals surface area contributed by atoms with Gasteiger partial charge in [-0.2, -0.15) is 4.52 Å². The number of benzene rings is 1. The Labute approximate surface area is 123 Å². The number of fused-ring (bicyclic) bond motifs is 3. The third-order valence-electron chi connectivity index (χ3n) is 3.54. The molecule has 1 aliphatic heterocycles. The number of anilines is 1. The van der Waals surface area contributed by atoms with Crippen molar-refractivity contribution in [2.24, 2.45) is 0 Å². The van der Waals surface area contributed by atoms with E-state index in [0.29, 0.717) is 17.0 Å². The van der Waals surface area contributed by atoms with Gasteiger partial charge in [-0.1, -0.05) is 11.6 Å². The highest BCUT2D eigenvalue weighted by Crippen LogP contribution is 2.26.